The van der Waals surface area contributed by atoms with E-state index in [1.807, 2.05) is 71.9 Å². The number of hydrogen-bond donors (Lipinski definition) is 2. The zero-order valence-corrected chi connectivity index (χ0v) is 24.0. The van der Waals surface area contributed by atoms with Gasteiger partial charge in [-0.05, 0) is 66.7 Å². The first kappa shape index (κ1) is 34.8. The number of benzene rings is 1. The van der Waals surface area contributed by atoms with Gasteiger partial charge in [-0.1, -0.05) is 80.2 Å². The minimum Gasteiger partial charge on any atom is -0.507 e. The molecule has 1 heterocycles. The van der Waals surface area contributed by atoms with Gasteiger partial charge in [0.2, 0.25) is 0 Å². The molecule has 1 aromatic carbocycles. The molecule has 0 radical (unpaired) electrons. The van der Waals surface area contributed by atoms with Crippen LogP contribution in [0.4, 0.5) is 0 Å². The Labute approximate surface area is 218 Å². The van der Waals surface area contributed by atoms with Crippen LogP contribution in [0.1, 0.15) is 81.2 Å². The third kappa shape index (κ3) is 12.9. The predicted octanol–water partition coefficient (Wildman–Crippen LogP) is 9.43. The molecule has 5 heteroatoms. The molecule has 36 heavy (non-hydrogen) atoms. The summed E-state index contributed by atoms with van der Waals surface area (Å²) in [5.41, 5.74) is 3.88. The highest BCUT2D eigenvalue weighted by molar-refractivity contribution is 6.09. The largest absolute Gasteiger partial charge is 0.507 e. The standard InChI is InChI=1S/C23H25NO4.C4H10.2C2H6/c1-5-10-24-14-20(23(26)27)21(25)13-16(3)15(2)12-17(4)18-7-6-8-22-19(18)9-11-28-22;1-4(2)3;2*1-2/h6-9,11-14,25H,4-5,10H2,1-3H3,(H,26,27);4H,1-3H3;2*1-2H3/b15-12+,16-13+,21-20-,24-14?;;;. The predicted molar refractivity (Wildman–Crippen MR) is 157 cm³/mol. The van der Waals surface area contributed by atoms with Crippen molar-refractivity contribution < 1.29 is 19.4 Å². The van der Waals surface area contributed by atoms with Crippen LogP contribution in [0.5, 0.6) is 0 Å². The molecule has 200 valence electrons. The molecule has 0 spiro atoms. The van der Waals surface area contributed by atoms with E-state index in [4.69, 9.17) is 4.42 Å². The lowest BCUT2D eigenvalue weighted by Gasteiger charge is -2.07. The van der Waals surface area contributed by atoms with E-state index in [1.54, 1.807) is 13.2 Å². The smallest absolute Gasteiger partial charge is 0.341 e. The third-order valence-electron chi connectivity index (χ3n) is 4.29. The van der Waals surface area contributed by atoms with Gasteiger partial charge in [-0.15, -0.1) is 0 Å². The molecule has 0 aliphatic carbocycles. The molecule has 0 aliphatic rings. The van der Waals surface area contributed by atoms with E-state index >= 15 is 0 Å². The Morgan fingerprint density at radius 1 is 1.03 bits per heavy atom. The highest BCUT2D eigenvalue weighted by atomic mass is 16.4. The number of hydrogen-bond acceptors (Lipinski definition) is 4. The quantitative estimate of drug-likeness (QED) is 0.165. The van der Waals surface area contributed by atoms with E-state index in [2.05, 4.69) is 32.3 Å². The van der Waals surface area contributed by atoms with Gasteiger partial charge in [-0.3, -0.25) is 4.99 Å². The second kappa shape index (κ2) is 19.9. The van der Waals surface area contributed by atoms with E-state index in [0.717, 1.165) is 45.6 Å². The Balaban J connectivity index is 0. The van der Waals surface area contributed by atoms with Gasteiger partial charge in [0.05, 0.1) is 6.26 Å². The summed E-state index contributed by atoms with van der Waals surface area (Å²) in [6.45, 7) is 24.8. The van der Waals surface area contributed by atoms with Crippen molar-refractivity contribution in [3.63, 3.8) is 0 Å². The summed E-state index contributed by atoms with van der Waals surface area (Å²) in [6.07, 6.45) is 6.96. The van der Waals surface area contributed by atoms with Crippen LogP contribution in [-0.2, 0) is 4.79 Å². The Bertz CT molecular complexity index is 1050. The summed E-state index contributed by atoms with van der Waals surface area (Å²) in [6, 6.07) is 7.66. The second-order valence-electron chi connectivity index (χ2n) is 8.19. The van der Waals surface area contributed by atoms with Gasteiger partial charge >= 0.3 is 5.97 Å². The van der Waals surface area contributed by atoms with E-state index in [-0.39, 0.29) is 11.3 Å². The monoisotopic (exact) mass is 497 g/mol. The first-order chi connectivity index (χ1) is 17.1. The number of fused-ring (bicyclic) bond motifs is 1. The van der Waals surface area contributed by atoms with Crippen molar-refractivity contribution in [2.75, 3.05) is 6.54 Å². The number of aliphatic hydroxyl groups excluding tert-OH is 1. The number of carboxylic acids is 1. The summed E-state index contributed by atoms with van der Waals surface area (Å²) < 4.78 is 5.42. The molecule has 1 aromatic heterocycles. The number of carboxylic acid groups (broad SMARTS) is 1. The van der Waals surface area contributed by atoms with E-state index < -0.39 is 5.97 Å². The van der Waals surface area contributed by atoms with Crippen LogP contribution in [-0.4, -0.2) is 28.9 Å². The van der Waals surface area contributed by atoms with Crippen LogP contribution in [0.3, 0.4) is 0 Å². The fourth-order valence-corrected chi connectivity index (χ4v) is 2.64. The zero-order chi connectivity index (χ0) is 28.3. The molecule has 0 amide bonds. The van der Waals surface area contributed by atoms with Crippen molar-refractivity contribution >= 4 is 28.7 Å². The van der Waals surface area contributed by atoms with Gasteiger partial charge in [-0.2, -0.15) is 0 Å². The van der Waals surface area contributed by atoms with Crippen LogP contribution in [0.2, 0.25) is 0 Å². The van der Waals surface area contributed by atoms with Crippen molar-refractivity contribution in [1.29, 1.82) is 0 Å². The van der Waals surface area contributed by atoms with Crippen molar-refractivity contribution in [2.24, 2.45) is 10.9 Å². The Hall–Kier alpha value is -3.34. The number of allylic oxidation sites excluding steroid dienone is 5. The lowest BCUT2D eigenvalue weighted by molar-refractivity contribution is -0.132. The molecule has 0 bridgehead atoms. The van der Waals surface area contributed by atoms with Crippen LogP contribution in [0, 0.1) is 5.92 Å². The van der Waals surface area contributed by atoms with Gasteiger partial charge in [-0.25, -0.2) is 4.79 Å². The molecular weight excluding hydrogens is 450 g/mol. The Kier molecular flexibility index (Phi) is 19.3. The number of rotatable bonds is 8. The number of nitrogens with zero attached hydrogens (tertiary/aromatic N) is 1. The highest BCUT2D eigenvalue weighted by Crippen LogP contribution is 2.27. The maximum Gasteiger partial charge on any atom is 0.341 e. The topological polar surface area (TPSA) is 83.0 Å². The summed E-state index contributed by atoms with van der Waals surface area (Å²) in [7, 11) is 0. The second-order valence-corrected chi connectivity index (χ2v) is 8.19. The molecule has 2 N–H and O–H groups in total. The Morgan fingerprint density at radius 2 is 1.58 bits per heavy atom. The number of aliphatic hydroxyl groups is 1. The van der Waals surface area contributed by atoms with Crippen molar-refractivity contribution in [2.45, 2.75) is 75.7 Å². The van der Waals surface area contributed by atoms with Crippen molar-refractivity contribution in [3.8, 4) is 0 Å². The summed E-state index contributed by atoms with van der Waals surface area (Å²) in [5, 5.41) is 20.5. The van der Waals surface area contributed by atoms with Gasteiger partial charge in [0.1, 0.15) is 16.9 Å². The van der Waals surface area contributed by atoms with Crippen LogP contribution < -0.4 is 0 Å². The van der Waals surface area contributed by atoms with Crippen LogP contribution in [0.15, 0.2) is 81.1 Å². The highest BCUT2D eigenvalue weighted by Gasteiger charge is 2.11. The van der Waals surface area contributed by atoms with Gasteiger partial charge in [0.25, 0.3) is 0 Å². The maximum absolute atomic E-state index is 11.4. The van der Waals surface area contributed by atoms with Gasteiger partial charge in [0, 0.05) is 18.1 Å². The number of carbonyl (C=O) groups is 1. The van der Waals surface area contributed by atoms with E-state index in [1.165, 1.54) is 12.3 Å². The lowest BCUT2D eigenvalue weighted by atomic mass is 9.98. The van der Waals surface area contributed by atoms with Gasteiger partial charge in [0.15, 0.2) is 0 Å². The fraction of sp³-hybridized carbons (Fsp3) is 0.419. The zero-order valence-electron chi connectivity index (χ0n) is 24.0. The third-order valence-corrected chi connectivity index (χ3v) is 4.29. The lowest BCUT2D eigenvalue weighted by Crippen LogP contribution is -2.06. The van der Waals surface area contributed by atoms with Crippen LogP contribution in [0.25, 0.3) is 16.5 Å². The van der Waals surface area contributed by atoms with E-state index in [0.29, 0.717) is 6.54 Å². The molecular formula is C31H47NO4. The summed E-state index contributed by atoms with van der Waals surface area (Å²) in [5.74, 6) is -0.723. The molecule has 2 aromatic rings. The fourth-order valence-electron chi connectivity index (χ4n) is 2.64. The molecule has 0 aliphatic heterocycles. The first-order valence-electron chi connectivity index (χ1n) is 12.8. The first-order valence-corrected chi connectivity index (χ1v) is 12.8. The molecule has 5 nitrogen and oxygen atoms in total. The van der Waals surface area contributed by atoms with Crippen molar-refractivity contribution in [3.05, 3.63) is 77.3 Å². The number of furan rings is 1. The van der Waals surface area contributed by atoms with Crippen LogP contribution >= 0.6 is 0 Å². The normalized spacial score (nSPS) is 12.1. The number of aliphatic imine (C=N–C) groups is 1. The minimum absolute atomic E-state index is 0.234. The molecule has 0 fully saturated rings. The molecule has 2 rings (SSSR count). The minimum atomic E-state index is -1.22. The number of aliphatic carboxylic acids is 1. The van der Waals surface area contributed by atoms with Gasteiger partial charge < -0.3 is 14.6 Å². The molecule has 0 saturated heterocycles. The van der Waals surface area contributed by atoms with Crippen molar-refractivity contribution in [1.82, 2.24) is 0 Å². The summed E-state index contributed by atoms with van der Waals surface area (Å²) >= 11 is 0. The SMILES string of the molecule is C=C(/C=C(C)/C(C)=C/C(O)=C(\C=NCCC)C(=O)O)c1cccc2occc12.CC.CC.CC(C)C. The molecule has 0 unspecified atom stereocenters. The summed E-state index contributed by atoms with van der Waals surface area (Å²) in [4.78, 5) is 15.4. The molecule has 0 atom stereocenters. The average molecular weight is 498 g/mol. The van der Waals surface area contributed by atoms with E-state index in [9.17, 15) is 15.0 Å². The average Bonchev–Trinajstić information content (AvgIpc) is 3.32. The molecule has 0 saturated carbocycles. The maximum atomic E-state index is 11.4. The Morgan fingerprint density at radius 3 is 2.11 bits per heavy atom.